The number of carbonyl (C=O) groups excluding carboxylic acids is 1. The summed E-state index contributed by atoms with van der Waals surface area (Å²) in [5.74, 6) is 0.753. The summed E-state index contributed by atoms with van der Waals surface area (Å²) in [5, 5.41) is 6.48. The van der Waals surface area contributed by atoms with Gasteiger partial charge in [0.1, 0.15) is 17.1 Å². The summed E-state index contributed by atoms with van der Waals surface area (Å²) in [6.07, 6.45) is 1.82. The van der Waals surface area contributed by atoms with E-state index in [1.165, 1.54) is 0 Å². The molecule has 3 aromatic rings. The van der Waals surface area contributed by atoms with Gasteiger partial charge in [-0.05, 0) is 48.3 Å². The number of hydrogen-bond donors (Lipinski definition) is 1. The number of aromatic nitrogens is 3. The molecule has 0 fully saturated rings. The zero-order chi connectivity index (χ0) is 15.1. The molecule has 0 atom stereocenters. The van der Waals surface area contributed by atoms with E-state index in [1.807, 2.05) is 26.1 Å². The lowest BCUT2D eigenvalue weighted by atomic mass is 10.3. The summed E-state index contributed by atoms with van der Waals surface area (Å²) in [4.78, 5) is 16.9. The van der Waals surface area contributed by atoms with Gasteiger partial charge in [-0.2, -0.15) is 0 Å². The lowest BCUT2D eigenvalue weighted by Crippen LogP contribution is -2.15. The minimum atomic E-state index is -0.272. The summed E-state index contributed by atoms with van der Waals surface area (Å²) < 4.78 is 7.60. The number of halogens is 1. The van der Waals surface area contributed by atoms with Gasteiger partial charge in [-0.1, -0.05) is 5.16 Å². The van der Waals surface area contributed by atoms with Gasteiger partial charge in [-0.3, -0.25) is 9.20 Å². The Balaban J connectivity index is 2.07. The predicted molar refractivity (Wildman–Crippen MR) is 81.6 cm³/mol. The highest BCUT2D eigenvalue weighted by Gasteiger charge is 2.19. The largest absolute Gasteiger partial charge is 0.360 e. The average molecular weight is 349 g/mol. The number of nitrogens with one attached hydrogen (secondary N) is 1. The van der Waals surface area contributed by atoms with E-state index in [0.29, 0.717) is 23.0 Å². The van der Waals surface area contributed by atoms with E-state index in [2.05, 4.69) is 31.4 Å². The molecule has 6 nitrogen and oxygen atoms in total. The second-order valence-electron chi connectivity index (χ2n) is 4.86. The fraction of sp³-hybridized carbons (Fsp3) is 0.214. The molecule has 21 heavy (non-hydrogen) atoms. The van der Waals surface area contributed by atoms with Crippen LogP contribution >= 0.6 is 15.9 Å². The summed E-state index contributed by atoms with van der Waals surface area (Å²) in [6.45, 7) is 5.53. The Morgan fingerprint density at radius 3 is 2.76 bits per heavy atom. The Morgan fingerprint density at radius 1 is 1.33 bits per heavy atom. The van der Waals surface area contributed by atoms with E-state index in [4.69, 9.17) is 4.52 Å². The van der Waals surface area contributed by atoms with Crippen molar-refractivity contribution in [1.29, 1.82) is 0 Å². The van der Waals surface area contributed by atoms with E-state index in [-0.39, 0.29) is 5.91 Å². The standard InChI is InChI=1S/C14H13BrN4O2/c1-7-4-10(15)6-19-12(9(3)16-13(7)19)14(20)17-11-5-8(2)21-18-11/h4-6H,1-3H3,(H,17,18,20). The Bertz CT molecular complexity index is 850. The molecule has 0 aromatic carbocycles. The van der Waals surface area contributed by atoms with Crippen molar-refractivity contribution < 1.29 is 9.32 Å². The number of carbonyl (C=O) groups is 1. The molecule has 3 aromatic heterocycles. The molecule has 0 aliphatic rings. The van der Waals surface area contributed by atoms with Gasteiger partial charge in [0.2, 0.25) is 0 Å². The van der Waals surface area contributed by atoms with E-state index in [0.717, 1.165) is 15.7 Å². The molecule has 0 saturated carbocycles. The first-order valence-electron chi connectivity index (χ1n) is 6.35. The van der Waals surface area contributed by atoms with E-state index < -0.39 is 0 Å². The van der Waals surface area contributed by atoms with E-state index in [1.54, 1.807) is 17.4 Å². The van der Waals surface area contributed by atoms with Gasteiger partial charge >= 0.3 is 0 Å². The zero-order valence-corrected chi connectivity index (χ0v) is 13.4. The fourth-order valence-corrected chi connectivity index (χ4v) is 2.80. The molecule has 0 bridgehead atoms. The van der Waals surface area contributed by atoms with Gasteiger partial charge in [-0.25, -0.2) is 4.98 Å². The number of rotatable bonds is 2. The smallest absolute Gasteiger partial charge is 0.275 e. The van der Waals surface area contributed by atoms with Crippen LogP contribution in [0.4, 0.5) is 5.82 Å². The minimum Gasteiger partial charge on any atom is -0.360 e. The summed E-state index contributed by atoms with van der Waals surface area (Å²) >= 11 is 3.44. The molecule has 1 amide bonds. The lowest BCUT2D eigenvalue weighted by molar-refractivity contribution is 0.102. The quantitative estimate of drug-likeness (QED) is 0.771. The van der Waals surface area contributed by atoms with Crippen molar-refractivity contribution in [2.24, 2.45) is 0 Å². The van der Waals surface area contributed by atoms with Crippen molar-refractivity contribution in [2.75, 3.05) is 5.32 Å². The fourth-order valence-electron chi connectivity index (χ4n) is 2.26. The number of pyridine rings is 1. The van der Waals surface area contributed by atoms with Gasteiger partial charge in [0.15, 0.2) is 5.82 Å². The number of hydrogen-bond acceptors (Lipinski definition) is 4. The molecule has 1 N–H and O–H groups in total. The third kappa shape index (κ3) is 2.44. The van der Waals surface area contributed by atoms with Crippen molar-refractivity contribution in [3.05, 3.63) is 45.5 Å². The maximum atomic E-state index is 12.5. The first kappa shape index (κ1) is 13.8. The summed E-state index contributed by atoms with van der Waals surface area (Å²) in [6, 6.07) is 3.63. The van der Waals surface area contributed by atoms with Gasteiger partial charge in [0.25, 0.3) is 5.91 Å². The second kappa shape index (κ2) is 5.00. The zero-order valence-electron chi connectivity index (χ0n) is 11.8. The number of fused-ring (bicyclic) bond motifs is 1. The molecule has 7 heteroatoms. The first-order valence-corrected chi connectivity index (χ1v) is 7.14. The highest BCUT2D eigenvalue weighted by atomic mass is 79.9. The molecule has 0 spiro atoms. The second-order valence-corrected chi connectivity index (χ2v) is 5.77. The molecule has 3 rings (SSSR count). The third-order valence-electron chi connectivity index (χ3n) is 3.13. The van der Waals surface area contributed by atoms with Crippen LogP contribution < -0.4 is 5.32 Å². The molecular weight excluding hydrogens is 336 g/mol. The van der Waals surface area contributed by atoms with Crippen LogP contribution in [0.15, 0.2) is 27.3 Å². The van der Waals surface area contributed by atoms with Crippen LogP contribution in [0.5, 0.6) is 0 Å². The number of imidazole rings is 1. The van der Waals surface area contributed by atoms with Gasteiger partial charge < -0.3 is 9.84 Å². The monoisotopic (exact) mass is 348 g/mol. The van der Waals surface area contributed by atoms with Crippen LogP contribution in [0.2, 0.25) is 0 Å². The number of nitrogens with zero attached hydrogens (tertiary/aromatic N) is 3. The summed E-state index contributed by atoms with van der Waals surface area (Å²) in [5.41, 5.74) is 2.89. The highest BCUT2D eigenvalue weighted by Crippen LogP contribution is 2.21. The molecule has 0 aliphatic heterocycles. The molecule has 0 radical (unpaired) electrons. The molecule has 0 saturated heterocycles. The average Bonchev–Trinajstić information content (AvgIpc) is 2.92. The number of amides is 1. The maximum absolute atomic E-state index is 12.5. The molecule has 0 unspecified atom stereocenters. The van der Waals surface area contributed by atoms with Crippen LogP contribution in [0, 0.1) is 20.8 Å². The van der Waals surface area contributed by atoms with Gasteiger partial charge in [0, 0.05) is 16.7 Å². The Morgan fingerprint density at radius 2 is 2.10 bits per heavy atom. The van der Waals surface area contributed by atoms with Crippen molar-refractivity contribution in [1.82, 2.24) is 14.5 Å². The van der Waals surface area contributed by atoms with Crippen LogP contribution in [-0.4, -0.2) is 20.4 Å². The van der Waals surface area contributed by atoms with Crippen LogP contribution in [0.3, 0.4) is 0 Å². The van der Waals surface area contributed by atoms with Crippen molar-refractivity contribution in [3.63, 3.8) is 0 Å². The van der Waals surface area contributed by atoms with Crippen molar-refractivity contribution >= 4 is 33.3 Å². The Hall–Kier alpha value is -2.15. The SMILES string of the molecule is Cc1cc(NC(=O)c2c(C)nc3c(C)cc(Br)cn23)no1. The Labute approximate surface area is 129 Å². The van der Waals surface area contributed by atoms with Gasteiger partial charge in [0.05, 0.1) is 5.69 Å². The lowest BCUT2D eigenvalue weighted by Gasteiger charge is -2.04. The first-order chi connectivity index (χ1) is 9.95. The number of aryl methyl sites for hydroxylation is 3. The van der Waals surface area contributed by atoms with Crippen LogP contribution in [0.1, 0.15) is 27.5 Å². The van der Waals surface area contributed by atoms with Crippen LogP contribution in [0.25, 0.3) is 5.65 Å². The van der Waals surface area contributed by atoms with E-state index >= 15 is 0 Å². The van der Waals surface area contributed by atoms with Crippen molar-refractivity contribution in [3.8, 4) is 0 Å². The van der Waals surface area contributed by atoms with Gasteiger partial charge in [-0.15, -0.1) is 0 Å². The van der Waals surface area contributed by atoms with E-state index in [9.17, 15) is 4.79 Å². The molecule has 3 heterocycles. The van der Waals surface area contributed by atoms with Crippen molar-refractivity contribution in [2.45, 2.75) is 20.8 Å². The molecule has 0 aliphatic carbocycles. The topological polar surface area (TPSA) is 72.4 Å². The predicted octanol–water partition coefficient (Wildman–Crippen LogP) is 3.26. The van der Waals surface area contributed by atoms with Crippen LogP contribution in [-0.2, 0) is 0 Å². The molecular formula is C14H13BrN4O2. The Kier molecular flexibility index (Phi) is 3.29. The normalized spacial score (nSPS) is 11.0. The maximum Gasteiger partial charge on any atom is 0.275 e. The summed E-state index contributed by atoms with van der Waals surface area (Å²) in [7, 11) is 0. The third-order valence-corrected chi connectivity index (χ3v) is 3.56. The minimum absolute atomic E-state index is 0.272. The highest BCUT2D eigenvalue weighted by molar-refractivity contribution is 9.10. The number of anilines is 1. The molecule has 108 valence electrons.